The van der Waals surface area contributed by atoms with Crippen molar-refractivity contribution in [2.24, 2.45) is 0 Å². The molecular weight excluding hydrogens is 268 g/mol. The van der Waals surface area contributed by atoms with Gasteiger partial charge in [0.2, 0.25) is 0 Å². The van der Waals surface area contributed by atoms with E-state index in [2.05, 4.69) is 45.0 Å². The number of hydrogen-bond acceptors (Lipinski definition) is 1. The molecule has 0 fully saturated rings. The van der Waals surface area contributed by atoms with Crippen molar-refractivity contribution in [1.82, 2.24) is 0 Å². The summed E-state index contributed by atoms with van der Waals surface area (Å²) >= 11 is 0. The van der Waals surface area contributed by atoms with Crippen molar-refractivity contribution >= 4 is 5.57 Å². The van der Waals surface area contributed by atoms with E-state index < -0.39 is 0 Å². The van der Waals surface area contributed by atoms with Gasteiger partial charge in [0.05, 0.1) is 0 Å². The highest BCUT2D eigenvalue weighted by molar-refractivity contribution is 5.81. The zero-order valence-corrected chi connectivity index (χ0v) is 15.1. The lowest BCUT2D eigenvalue weighted by Crippen LogP contribution is -1.90. The zero-order chi connectivity index (χ0) is 17.1. The normalized spacial score (nSPS) is 8.86. The first-order chi connectivity index (χ1) is 10.6. The SMILES string of the molecule is CC.CC.CC(C)=C(c1ccc(C)cc1)c1ccc(O)cc1. The van der Waals surface area contributed by atoms with Crippen molar-refractivity contribution in [3.8, 4) is 5.75 Å². The second-order valence-electron chi connectivity index (χ2n) is 4.79. The Labute approximate surface area is 136 Å². The molecule has 0 aliphatic rings. The Hall–Kier alpha value is -2.02. The Morgan fingerprint density at radius 3 is 1.41 bits per heavy atom. The van der Waals surface area contributed by atoms with Crippen LogP contribution in [0.4, 0.5) is 0 Å². The van der Waals surface area contributed by atoms with Crippen molar-refractivity contribution in [1.29, 1.82) is 0 Å². The van der Waals surface area contributed by atoms with Gasteiger partial charge in [0.25, 0.3) is 0 Å². The van der Waals surface area contributed by atoms with Crippen molar-refractivity contribution < 1.29 is 5.11 Å². The van der Waals surface area contributed by atoms with E-state index in [0.717, 1.165) is 5.56 Å². The van der Waals surface area contributed by atoms with Gasteiger partial charge in [-0.05, 0) is 49.6 Å². The second-order valence-corrected chi connectivity index (χ2v) is 4.79. The first-order valence-electron chi connectivity index (χ1n) is 8.12. The van der Waals surface area contributed by atoms with Crippen molar-refractivity contribution in [2.45, 2.75) is 48.5 Å². The van der Waals surface area contributed by atoms with Crippen molar-refractivity contribution in [3.05, 3.63) is 70.8 Å². The van der Waals surface area contributed by atoms with Gasteiger partial charge in [-0.25, -0.2) is 0 Å². The number of aryl methyl sites for hydroxylation is 1. The smallest absolute Gasteiger partial charge is 0.115 e. The fourth-order valence-electron chi connectivity index (χ4n) is 2.09. The highest BCUT2D eigenvalue weighted by atomic mass is 16.3. The van der Waals surface area contributed by atoms with Crippen molar-refractivity contribution in [3.63, 3.8) is 0 Å². The monoisotopic (exact) mass is 298 g/mol. The third kappa shape index (κ3) is 5.77. The molecule has 22 heavy (non-hydrogen) atoms. The van der Waals surface area contributed by atoms with Gasteiger partial charge < -0.3 is 5.11 Å². The van der Waals surface area contributed by atoms with E-state index in [-0.39, 0.29) is 0 Å². The van der Waals surface area contributed by atoms with Crippen molar-refractivity contribution in [2.75, 3.05) is 0 Å². The van der Waals surface area contributed by atoms with Gasteiger partial charge >= 0.3 is 0 Å². The van der Waals surface area contributed by atoms with Crippen LogP contribution in [0.5, 0.6) is 5.75 Å². The molecule has 0 amide bonds. The molecule has 2 aromatic carbocycles. The molecule has 0 aliphatic heterocycles. The van der Waals surface area contributed by atoms with Crippen LogP contribution in [0.3, 0.4) is 0 Å². The van der Waals surface area contributed by atoms with E-state index in [1.165, 1.54) is 22.3 Å². The van der Waals surface area contributed by atoms with Crippen LogP contribution >= 0.6 is 0 Å². The topological polar surface area (TPSA) is 20.2 Å². The number of phenols is 1. The van der Waals surface area contributed by atoms with E-state index in [4.69, 9.17) is 0 Å². The molecule has 0 unspecified atom stereocenters. The maximum atomic E-state index is 9.37. The minimum absolute atomic E-state index is 0.302. The summed E-state index contributed by atoms with van der Waals surface area (Å²) in [5.41, 5.74) is 6.11. The maximum Gasteiger partial charge on any atom is 0.115 e. The summed E-state index contributed by atoms with van der Waals surface area (Å²) in [6.45, 7) is 14.3. The van der Waals surface area contributed by atoms with E-state index in [1.807, 2.05) is 39.8 Å². The van der Waals surface area contributed by atoms with Gasteiger partial charge in [0.15, 0.2) is 0 Å². The van der Waals surface area contributed by atoms with E-state index >= 15 is 0 Å². The van der Waals surface area contributed by atoms with Gasteiger partial charge in [-0.15, -0.1) is 0 Å². The number of rotatable bonds is 2. The molecule has 0 saturated carbocycles. The molecule has 1 heteroatoms. The highest BCUT2D eigenvalue weighted by Crippen LogP contribution is 2.28. The average molecular weight is 298 g/mol. The molecule has 120 valence electrons. The minimum atomic E-state index is 0.302. The molecule has 0 aliphatic carbocycles. The second kappa shape index (κ2) is 10.7. The van der Waals surface area contributed by atoms with Crippen LogP contribution < -0.4 is 0 Å². The summed E-state index contributed by atoms with van der Waals surface area (Å²) in [6.07, 6.45) is 0. The summed E-state index contributed by atoms with van der Waals surface area (Å²) < 4.78 is 0. The van der Waals surface area contributed by atoms with E-state index in [9.17, 15) is 5.11 Å². The summed E-state index contributed by atoms with van der Waals surface area (Å²) in [5, 5.41) is 9.37. The third-order valence-corrected chi connectivity index (χ3v) is 3.00. The zero-order valence-electron chi connectivity index (χ0n) is 15.1. The Morgan fingerprint density at radius 1 is 0.682 bits per heavy atom. The molecule has 0 spiro atoms. The van der Waals surface area contributed by atoms with Gasteiger partial charge in [-0.3, -0.25) is 0 Å². The largest absolute Gasteiger partial charge is 0.508 e. The van der Waals surface area contributed by atoms with E-state index in [0.29, 0.717) is 5.75 Å². The molecule has 0 saturated heterocycles. The lowest BCUT2D eigenvalue weighted by atomic mass is 9.93. The Bertz CT molecular complexity index is 508. The highest BCUT2D eigenvalue weighted by Gasteiger charge is 2.06. The predicted octanol–water partition coefficient (Wildman–Crippen LogP) is 6.59. The fraction of sp³-hybridized carbons (Fsp3) is 0.333. The van der Waals surface area contributed by atoms with Crippen LogP contribution in [0.15, 0.2) is 54.1 Å². The molecule has 0 heterocycles. The first kappa shape index (κ1) is 20.0. The quantitative estimate of drug-likeness (QED) is 0.662. The number of hydrogen-bond donors (Lipinski definition) is 1. The van der Waals surface area contributed by atoms with Crippen LogP contribution in [0.1, 0.15) is 58.2 Å². The van der Waals surface area contributed by atoms with Crippen LogP contribution in [-0.4, -0.2) is 5.11 Å². The van der Waals surface area contributed by atoms with Crippen LogP contribution in [-0.2, 0) is 0 Å². The van der Waals surface area contributed by atoms with E-state index in [1.54, 1.807) is 12.1 Å². The maximum absolute atomic E-state index is 9.37. The Balaban J connectivity index is 0.00000102. The molecule has 0 bridgehead atoms. The van der Waals surface area contributed by atoms with Gasteiger partial charge in [-0.1, -0.05) is 75.2 Å². The summed E-state index contributed by atoms with van der Waals surface area (Å²) in [5.74, 6) is 0.302. The molecule has 2 rings (SSSR count). The molecular formula is C21H30O. The van der Waals surface area contributed by atoms with Gasteiger partial charge in [0, 0.05) is 0 Å². The fourth-order valence-corrected chi connectivity index (χ4v) is 2.09. The number of aromatic hydroxyl groups is 1. The van der Waals surface area contributed by atoms with Gasteiger partial charge in [-0.2, -0.15) is 0 Å². The summed E-state index contributed by atoms with van der Waals surface area (Å²) in [7, 11) is 0. The molecule has 0 aromatic heterocycles. The first-order valence-corrected chi connectivity index (χ1v) is 8.12. The molecule has 1 nitrogen and oxygen atoms in total. The summed E-state index contributed by atoms with van der Waals surface area (Å²) in [6, 6.07) is 15.9. The molecule has 1 N–H and O–H groups in total. The number of benzene rings is 2. The molecule has 2 aromatic rings. The number of phenolic OH excluding ortho intramolecular Hbond substituents is 1. The Morgan fingerprint density at radius 2 is 1.05 bits per heavy atom. The Kier molecular flexibility index (Phi) is 9.69. The minimum Gasteiger partial charge on any atom is -0.508 e. The van der Waals surface area contributed by atoms with Crippen LogP contribution in [0, 0.1) is 6.92 Å². The molecule has 0 atom stereocenters. The standard InChI is InChI=1S/C17H18O.2C2H6/c1-12(2)17(14-6-4-13(3)5-7-14)15-8-10-16(18)11-9-15;2*1-2/h4-11,18H,1-3H3;2*1-2H3. The van der Waals surface area contributed by atoms with Gasteiger partial charge in [0.1, 0.15) is 5.75 Å². The lowest BCUT2D eigenvalue weighted by Gasteiger charge is -2.11. The molecule has 0 radical (unpaired) electrons. The average Bonchev–Trinajstić information content (AvgIpc) is 2.55. The predicted molar refractivity (Wildman–Crippen MR) is 99.4 cm³/mol. The summed E-state index contributed by atoms with van der Waals surface area (Å²) in [4.78, 5) is 0. The lowest BCUT2D eigenvalue weighted by molar-refractivity contribution is 0.475. The number of allylic oxidation sites excluding steroid dienone is 1. The third-order valence-electron chi connectivity index (χ3n) is 3.00. The van der Waals surface area contributed by atoms with Crippen LogP contribution in [0.25, 0.3) is 5.57 Å². The van der Waals surface area contributed by atoms with Crippen LogP contribution in [0.2, 0.25) is 0 Å².